The molecule has 3 aromatic rings. The predicted octanol–water partition coefficient (Wildman–Crippen LogP) is 4.25. The van der Waals surface area contributed by atoms with Crippen LogP contribution in [0.25, 0.3) is 0 Å². The zero-order chi connectivity index (χ0) is 19.1. The quantitative estimate of drug-likeness (QED) is 0.642. The van der Waals surface area contributed by atoms with E-state index in [-0.39, 0.29) is 5.91 Å². The Bertz CT molecular complexity index is 908. The molecule has 0 saturated heterocycles. The van der Waals surface area contributed by atoms with Crippen molar-refractivity contribution < 1.29 is 14.3 Å². The number of nitrogens with zero attached hydrogens (tertiary/aromatic N) is 1. The summed E-state index contributed by atoms with van der Waals surface area (Å²) in [6.45, 7) is 2.07. The highest BCUT2D eigenvalue weighted by Gasteiger charge is 2.10. The summed E-state index contributed by atoms with van der Waals surface area (Å²) in [5, 5.41) is 5.96. The van der Waals surface area contributed by atoms with E-state index in [0.29, 0.717) is 23.6 Å². The normalized spacial score (nSPS) is 10.1. The summed E-state index contributed by atoms with van der Waals surface area (Å²) >= 11 is 0. The summed E-state index contributed by atoms with van der Waals surface area (Å²) in [6.07, 6.45) is 1.60. The Kier molecular flexibility index (Phi) is 5.79. The van der Waals surface area contributed by atoms with Gasteiger partial charge in [-0.15, -0.1) is 0 Å². The largest absolute Gasteiger partial charge is 0.462 e. The van der Waals surface area contributed by atoms with Gasteiger partial charge in [0.25, 0.3) is 5.91 Å². The number of anilines is 3. The third-order valence-corrected chi connectivity index (χ3v) is 3.71. The van der Waals surface area contributed by atoms with E-state index in [4.69, 9.17) is 4.74 Å². The molecule has 0 aliphatic heterocycles. The molecule has 0 saturated carbocycles. The van der Waals surface area contributed by atoms with Crippen LogP contribution in [-0.2, 0) is 4.74 Å². The maximum atomic E-state index is 12.3. The molecule has 0 radical (unpaired) electrons. The molecular weight excluding hydrogens is 342 g/mol. The molecule has 0 aliphatic carbocycles. The van der Waals surface area contributed by atoms with Gasteiger partial charge < -0.3 is 15.4 Å². The smallest absolute Gasteiger partial charge is 0.338 e. The Morgan fingerprint density at radius 2 is 1.59 bits per heavy atom. The van der Waals surface area contributed by atoms with Gasteiger partial charge in [0, 0.05) is 11.4 Å². The highest BCUT2D eigenvalue weighted by Crippen LogP contribution is 2.16. The number of ether oxygens (including phenoxy) is 1. The summed E-state index contributed by atoms with van der Waals surface area (Å²) in [5.74, 6) is -0.719. The highest BCUT2D eigenvalue weighted by atomic mass is 16.5. The van der Waals surface area contributed by atoms with Gasteiger partial charge in [0.05, 0.1) is 24.1 Å². The minimum absolute atomic E-state index is 0.295. The molecule has 2 aromatic carbocycles. The average Bonchev–Trinajstić information content (AvgIpc) is 2.70. The lowest BCUT2D eigenvalue weighted by molar-refractivity contribution is 0.0526. The van der Waals surface area contributed by atoms with Crippen LogP contribution in [0, 0.1) is 0 Å². The maximum Gasteiger partial charge on any atom is 0.338 e. The number of para-hydroxylation sites is 1. The number of rotatable bonds is 6. The summed E-state index contributed by atoms with van der Waals surface area (Å²) in [4.78, 5) is 28.1. The molecule has 136 valence electrons. The van der Waals surface area contributed by atoms with Crippen molar-refractivity contribution in [2.45, 2.75) is 6.92 Å². The lowest BCUT2D eigenvalue weighted by Gasteiger charge is -2.08. The van der Waals surface area contributed by atoms with Gasteiger partial charge in [-0.05, 0) is 55.5 Å². The number of carbonyl (C=O) groups is 2. The monoisotopic (exact) mass is 361 g/mol. The summed E-state index contributed by atoms with van der Waals surface area (Å²) < 4.78 is 4.93. The summed E-state index contributed by atoms with van der Waals surface area (Å²) in [6, 6.07) is 19.6. The first-order valence-electron chi connectivity index (χ1n) is 8.52. The highest BCUT2D eigenvalue weighted by molar-refractivity contribution is 6.03. The SMILES string of the molecule is CCOC(=O)c1ccc(NC(=O)c2ccc(Nc3ccccc3)cn2)cc1. The number of carbonyl (C=O) groups excluding carboxylic acids is 2. The van der Waals surface area contributed by atoms with Crippen LogP contribution in [0.15, 0.2) is 72.9 Å². The molecule has 0 atom stereocenters. The third kappa shape index (κ3) is 4.92. The molecule has 1 heterocycles. The number of aromatic nitrogens is 1. The Hall–Kier alpha value is -3.67. The van der Waals surface area contributed by atoms with Gasteiger partial charge in [-0.3, -0.25) is 4.79 Å². The molecule has 1 aromatic heterocycles. The maximum absolute atomic E-state index is 12.3. The van der Waals surface area contributed by atoms with Gasteiger partial charge in [0.1, 0.15) is 5.69 Å². The zero-order valence-electron chi connectivity index (χ0n) is 14.8. The van der Waals surface area contributed by atoms with Crippen LogP contribution in [0.1, 0.15) is 27.8 Å². The Morgan fingerprint density at radius 1 is 0.889 bits per heavy atom. The number of benzene rings is 2. The number of hydrogen-bond acceptors (Lipinski definition) is 5. The molecular formula is C21H19N3O3. The first-order chi connectivity index (χ1) is 13.2. The van der Waals surface area contributed by atoms with Crippen LogP contribution in [0.3, 0.4) is 0 Å². The van der Waals surface area contributed by atoms with Gasteiger partial charge in [-0.1, -0.05) is 18.2 Å². The van der Waals surface area contributed by atoms with Crippen molar-refractivity contribution >= 4 is 28.9 Å². The molecule has 1 amide bonds. The van der Waals surface area contributed by atoms with Crippen LogP contribution < -0.4 is 10.6 Å². The standard InChI is InChI=1S/C21H19N3O3/c1-2-27-21(26)15-8-10-17(11-9-15)24-20(25)19-13-12-18(14-22-19)23-16-6-4-3-5-7-16/h3-14,23H,2H2,1H3,(H,24,25). The van der Waals surface area contributed by atoms with Crippen LogP contribution in [0.4, 0.5) is 17.1 Å². The van der Waals surface area contributed by atoms with Crippen LogP contribution in [0.2, 0.25) is 0 Å². The number of pyridine rings is 1. The lowest BCUT2D eigenvalue weighted by atomic mass is 10.2. The number of hydrogen-bond donors (Lipinski definition) is 2. The molecule has 0 fully saturated rings. The van der Waals surface area contributed by atoms with E-state index in [0.717, 1.165) is 11.4 Å². The predicted molar refractivity (Wildman–Crippen MR) is 104 cm³/mol. The zero-order valence-corrected chi connectivity index (χ0v) is 14.8. The third-order valence-electron chi connectivity index (χ3n) is 3.71. The molecule has 2 N–H and O–H groups in total. The fourth-order valence-corrected chi connectivity index (χ4v) is 2.39. The lowest BCUT2D eigenvalue weighted by Crippen LogP contribution is -2.14. The van der Waals surface area contributed by atoms with Crippen molar-refractivity contribution in [2.24, 2.45) is 0 Å². The van der Waals surface area contributed by atoms with E-state index in [2.05, 4.69) is 15.6 Å². The summed E-state index contributed by atoms with van der Waals surface area (Å²) in [7, 11) is 0. The molecule has 27 heavy (non-hydrogen) atoms. The Morgan fingerprint density at radius 3 is 2.22 bits per heavy atom. The Balaban J connectivity index is 1.61. The van der Waals surface area contributed by atoms with Crippen molar-refractivity contribution in [2.75, 3.05) is 17.2 Å². The molecule has 6 heteroatoms. The fraction of sp³-hybridized carbons (Fsp3) is 0.0952. The molecule has 0 bridgehead atoms. The first-order valence-corrected chi connectivity index (χ1v) is 8.52. The molecule has 0 unspecified atom stereocenters. The second-order valence-electron chi connectivity index (χ2n) is 5.68. The average molecular weight is 361 g/mol. The second kappa shape index (κ2) is 8.62. The van der Waals surface area contributed by atoms with E-state index in [1.807, 2.05) is 30.3 Å². The van der Waals surface area contributed by atoms with Crippen molar-refractivity contribution in [3.63, 3.8) is 0 Å². The van der Waals surface area contributed by atoms with E-state index in [9.17, 15) is 9.59 Å². The van der Waals surface area contributed by atoms with Crippen molar-refractivity contribution in [1.82, 2.24) is 4.98 Å². The van der Waals surface area contributed by atoms with Gasteiger partial charge >= 0.3 is 5.97 Å². The van der Waals surface area contributed by atoms with E-state index >= 15 is 0 Å². The summed E-state index contributed by atoms with van der Waals surface area (Å²) in [5.41, 5.74) is 3.03. The number of nitrogens with one attached hydrogen (secondary N) is 2. The minimum Gasteiger partial charge on any atom is -0.462 e. The van der Waals surface area contributed by atoms with Gasteiger partial charge in [0.2, 0.25) is 0 Å². The second-order valence-corrected chi connectivity index (χ2v) is 5.68. The van der Waals surface area contributed by atoms with Crippen molar-refractivity contribution in [3.8, 4) is 0 Å². The van der Waals surface area contributed by atoms with Crippen LogP contribution in [0.5, 0.6) is 0 Å². The Labute approximate surface area is 157 Å². The van der Waals surface area contributed by atoms with Gasteiger partial charge in [0.15, 0.2) is 0 Å². The van der Waals surface area contributed by atoms with Gasteiger partial charge in [-0.2, -0.15) is 0 Å². The van der Waals surface area contributed by atoms with Crippen molar-refractivity contribution in [1.29, 1.82) is 0 Å². The fourth-order valence-electron chi connectivity index (χ4n) is 2.39. The van der Waals surface area contributed by atoms with Crippen molar-refractivity contribution in [3.05, 3.63) is 84.2 Å². The van der Waals surface area contributed by atoms with E-state index < -0.39 is 5.97 Å². The van der Waals surface area contributed by atoms with E-state index in [1.54, 1.807) is 49.5 Å². The molecule has 3 rings (SSSR count). The minimum atomic E-state index is -0.390. The molecule has 0 aliphatic rings. The van der Waals surface area contributed by atoms with Crippen LogP contribution >= 0.6 is 0 Å². The number of esters is 1. The topological polar surface area (TPSA) is 80.3 Å². The van der Waals surface area contributed by atoms with Gasteiger partial charge in [-0.25, -0.2) is 9.78 Å². The molecule has 6 nitrogen and oxygen atoms in total. The van der Waals surface area contributed by atoms with Crippen LogP contribution in [-0.4, -0.2) is 23.5 Å². The first kappa shape index (κ1) is 18.1. The molecule has 0 spiro atoms. The number of amides is 1. The van der Waals surface area contributed by atoms with E-state index in [1.165, 1.54) is 0 Å².